The van der Waals surface area contributed by atoms with Crippen LogP contribution in [0.15, 0.2) is 12.1 Å². The Morgan fingerprint density at radius 2 is 2.12 bits per heavy atom. The number of nitrogens with one attached hydrogen (secondary N) is 1. The molecular formula is C12H19ClN4. The number of anilines is 1. The van der Waals surface area contributed by atoms with Crippen LogP contribution in [0.25, 0.3) is 0 Å². The van der Waals surface area contributed by atoms with Gasteiger partial charge in [-0.2, -0.15) is 0 Å². The van der Waals surface area contributed by atoms with Crippen LogP contribution in [0.2, 0.25) is 5.15 Å². The van der Waals surface area contributed by atoms with Crippen molar-refractivity contribution < 1.29 is 0 Å². The number of aromatic nitrogens is 2. The molecule has 94 valence electrons. The van der Waals surface area contributed by atoms with E-state index in [0.717, 1.165) is 18.9 Å². The quantitative estimate of drug-likeness (QED) is 0.875. The first-order valence-corrected chi connectivity index (χ1v) is 6.57. The summed E-state index contributed by atoms with van der Waals surface area (Å²) >= 11 is 5.68. The zero-order valence-electron chi connectivity index (χ0n) is 10.2. The summed E-state index contributed by atoms with van der Waals surface area (Å²) in [5.74, 6) is 1.41. The summed E-state index contributed by atoms with van der Waals surface area (Å²) < 4.78 is 0. The van der Waals surface area contributed by atoms with Gasteiger partial charge in [0.15, 0.2) is 5.15 Å². The average molecular weight is 255 g/mol. The first-order chi connectivity index (χ1) is 8.24. The summed E-state index contributed by atoms with van der Waals surface area (Å²) in [5.41, 5.74) is 0. The smallest absolute Gasteiger partial charge is 0.151 e. The van der Waals surface area contributed by atoms with E-state index < -0.39 is 0 Å². The largest absolute Gasteiger partial charge is 0.368 e. The summed E-state index contributed by atoms with van der Waals surface area (Å²) in [5, 5.41) is 11.5. The molecule has 1 N–H and O–H groups in total. The molecule has 0 aliphatic carbocycles. The molecule has 2 heterocycles. The molecule has 0 aromatic carbocycles. The van der Waals surface area contributed by atoms with Gasteiger partial charge in [-0.05, 0) is 44.0 Å². The Balaban J connectivity index is 1.71. The zero-order chi connectivity index (χ0) is 12.1. The molecule has 1 aliphatic heterocycles. The van der Waals surface area contributed by atoms with Gasteiger partial charge >= 0.3 is 0 Å². The van der Waals surface area contributed by atoms with Gasteiger partial charge in [0.25, 0.3) is 0 Å². The fourth-order valence-corrected chi connectivity index (χ4v) is 2.26. The predicted molar refractivity (Wildman–Crippen MR) is 70.4 cm³/mol. The highest BCUT2D eigenvalue weighted by atomic mass is 35.5. The molecule has 0 saturated carbocycles. The maximum atomic E-state index is 5.68. The van der Waals surface area contributed by atoms with Crippen molar-refractivity contribution in [2.45, 2.75) is 19.8 Å². The van der Waals surface area contributed by atoms with Crippen molar-refractivity contribution in [1.29, 1.82) is 0 Å². The lowest BCUT2D eigenvalue weighted by Crippen LogP contribution is -2.29. The molecule has 1 fully saturated rings. The Hall–Kier alpha value is -0.870. The van der Waals surface area contributed by atoms with Crippen LogP contribution >= 0.6 is 11.6 Å². The van der Waals surface area contributed by atoms with Crippen LogP contribution in [-0.2, 0) is 0 Å². The van der Waals surface area contributed by atoms with E-state index in [1.807, 2.05) is 6.07 Å². The number of halogens is 1. The van der Waals surface area contributed by atoms with Crippen molar-refractivity contribution in [3.63, 3.8) is 0 Å². The van der Waals surface area contributed by atoms with Crippen molar-refractivity contribution in [2.24, 2.45) is 5.92 Å². The fraction of sp³-hybridized carbons (Fsp3) is 0.667. The summed E-state index contributed by atoms with van der Waals surface area (Å²) in [7, 11) is 0. The summed E-state index contributed by atoms with van der Waals surface area (Å²) in [6, 6.07) is 3.61. The maximum Gasteiger partial charge on any atom is 0.151 e. The van der Waals surface area contributed by atoms with Crippen molar-refractivity contribution in [2.75, 3.05) is 31.5 Å². The van der Waals surface area contributed by atoms with Crippen LogP contribution in [-0.4, -0.2) is 41.3 Å². The van der Waals surface area contributed by atoms with Gasteiger partial charge in [-0.3, -0.25) is 0 Å². The minimum absolute atomic E-state index is 0.431. The Bertz CT molecular complexity index is 335. The van der Waals surface area contributed by atoms with Crippen LogP contribution in [0.1, 0.15) is 19.8 Å². The fourth-order valence-electron chi connectivity index (χ4n) is 2.16. The standard InChI is InChI=1S/C12H19ClN4/c1-10(9-17-6-2-3-7-17)8-14-12-5-4-11(13)15-16-12/h4-5,10H,2-3,6-9H2,1H3,(H,14,16). The van der Waals surface area contributed by atoms with Crippen molar-refractivity contribution >= 4 is 17.4 Å². The summed E-state index contributed by atoms with van der Waals surface area (Å²) in [6.45, 7) is 6.85. The van der Waals surface area contributed by atoms with Crippen molar-refractivity contribution in [1.82, 2.24) is 15.1 Å². The lowest BCUT2D eigenvalue weighted by Gasteiger charge is -2.20. The van der Waals surface area contributed by atoms with Crippen molar-refractivity contribution in [3.8, 4) is 0 Å². The van der Waals surface area contributed by atoms with Crippen LogP contribution < -0.4 is 5.32 Å². The van der Waals surface area contributed by atoms with Crippen LogP contribution in [0.5, 0.6) is 0 Å². The minimum atomic E-state index is 0.431. The van der Waals surface area contributed by atoms with Gasteiger partial charge in [0.05, 0.1) is 0 Å². The first-order valence-electron chi connectivity index (χ1n) is 6.19. The molecule has 0 radical (unpaired) electrons. The number of likely N-dealkylation sites (tertiary alicyclic amines) is 1. The molecule has 1 aromatic heterocycles. The molecule has 1 atom stereocenters. The van der Waals surface area contributed by atoms with Crippen LogP contribution in [0.4, 0.5) is 5.82 Å². The van der Waals surface area contributed by atoms with Gasteiger partial charge < -0.3 is 10.2 Å². The molecule has 1 saturated heterocycles. The Morgan fingerprint density at radius 1 is 1.35 bits per heavy atom. The molecule has 0 bridgehead atoms. The lowest BCUT2D eigenvalue weighted by molar-refractivity contribution is 0.294. The third kappa shape index (κ3) is 4.13. The summed E-state index contributed by atoms with van der Waals surface area (Å²) in [6.07, 6.45) is 2.70. The van der Waals surface area contributed by atoms with E-state index in [-0.39, 0.29) is 0 Å². The van der Waals surface area contributed by atoms with Crippen LogP contribution in [0, 0.1) is 5.92 Å². The third-order valence-corrected chi connectivity index (χ3v) is 3.23. The van der Waals surface area contributed by atoms with E-state index in [1.165, 1.54) is 25.9 Å². The van der Waals surface area contributed by atoms with E-state index in [1.54, 1.807) is 6.07 Å². The van der Waals surface area contributed by atoms with Gasteiger partial charge in [-0.1, -0.05) is 18.5 Å². The molecule has 0 spiro atoms. The van der Waals surface area contributed by atoms with Gasteiger partial charge in [0, 0.05) is 13.1 Å². The van der Waals surface area contributed by atoms with E-state index in [9.17, 15) is 0 Å². The highest BCUT2D eigenvalue weighted by Gasteiger charge is 2.14. The number of rotatable bonds is 5. The van der Waals surface area contributed by atoms with Gasteiger partial charge in [0.1, 0.15) is 5.82 Å². The average Bonchev–Trinajstić information content (AvgIpc) is 2.81. The second kappa shape index (κ2) is 6.17. The normalized spacial score (nSPS) is 18.2. The molecule has 2 rings (SSSR count). The number of nitrogens with zero attached hydrogens (tertiary/aromatic N) is 3. The monoisotopic (exact) mass is 254 g/mol. The molecule has 17 heavy (non-hydrogen) atoms. The van der Waals surface area contributed by atoms with Crippen molar-refractivity contribution in [3.05, 3.63) is 17.3 Å². The molecule has 4 nitrogen and oxygen atoms in total. The van der Waals surface area contributed by atoms with Gasteiger partial charge in [-0.25, -0.2) is 0 Å². The maximum absolute atomic E-state index is 5.68. The second-order valence-electron chi connectivity index (χ2n) is 4.74. The first kappa shape index (κ1) is 12.6. The summed E-state index contributed by atoms with van der Waals surface area (Å²) in [4.78, 5) is 2.53. The Kier molecular flexibility index (Phi) is 4.57. The third-order valence-electron chi connectivity index (χ3n) is 3.03. The SMILES string of the molecule is CC(CNc1ccc(Cl)nn1)CN1CCCC1. The Labute approximate surface area is 107 Å². The van der Waals surface area contributed by atoms with E-state index in [4.69, 9.17) is 11.6 Å². The molecule has 1 unspecified atom stereocenters. The minimum Gasteiger partial charge on any atom is -0.368 e. The molecule has 5 heteroatoms. The number of hydrogen-bond donors (Lipinski definition) is 1. The highest BCUT2D eigenvalue weighted by molar-refractivity contribution is 6.29. The predicted octanol–water partition coefficient (Wildman–Crippen LogP) is 2.27. The van der Waals surface area contributed by atoms with Crippen LogP contribution in [0.3, 0.4) is 0 Å². The van der Waals surface area contributed by atoms with E-state index in [0.29, 0.717) is 11.1 Å². The van der Waals surface area contributed by atoms with Gasteiger partial charge in [0.2, 0.25) is 0 Å². The Morgan fingerprint density at radius 3 is 2.76 bits per heavy atom. The van der Waals surface area contributed by atoms with Gasteiger partial charge in [-0.15, -0.1) is 10.2 Å². The lowest BCUT2D eigenvalue weighted by atomic mass is 10.1. The molecule has 1 aliphatic rings. The highest BCUT2D eigenvalue weighted by Crippen LogP contribution is 2.11. The zero-order valence-corrected chi connectivity index (χ0v) is 11.0. The second-order valence-corrected chi connectivity index (χ2v) is 5.12. The molecule has 1 aromatic rings. The molecule has 0 amide bonds. The molecular weight excluding hydrogens is 236 g/mol. The van der Waals surface area contributed by atoms with E-state index >= 15 is 0 Å². The topological polar surface area (TPSA) is 41.1 Å². The van der Waals surface area contributed by atoms with E-state index in [2.05, 4.69) is 27.3 Å². The number of hydrogen-bond acceptors (Lipinski definition) is 4.